The van der Waals surface area contributed by atoms with Crippen LogP contribution in [-0.2, 0) is 32.0 Å². The highest BCUT2D eigenvalue weighted by Crippen LogP contribution is 2.22. The van der Waals surface area contributed by atoms with Gasteiger partial charge in [0, 0.05) is 13.1 Å². The topological polar surface area (TPSA) is 219 Å². The van der Waals surface area contributed by atoms with Gasteiger partial charge in [-0.2, -0.15) is 0 Å². The number of nitrogens with one attached hydrogen (secondary N) is 4. The summed E-state index contributed by atoms with van der Waals surface area (Å²) in [7, 11) is 1.06. The molecule has 1 atom stereocenters. The lowest BCUT2D eigenvalue weighted by Crippen LogP contribution is -2.49. The molecule has 6 N–H and O–H groups in total. The quantitative estimate of drug-likeness (QED) is 0.177. The van der Waals surface area contributed by atoms with Crippen LogP contribution in [0.3, 0.4) is 0 Å². The lowest BCUT2D eigenvalue weighted by molar-refractivity contribution is -0.139. The van der Waals surface area contributed by atoms with Gasteiger partial charge in [-0.1, -0.05) is 12.1 Å². The highest BCUT2D eigenvalue weighted by molar-refractivity contribution is 5.90. The molecule has 0 saturated heterocycles. The van der Waals surface area contributed by atoms with E-state index in [1.807, 2.05) is 5.32 Å². The van der Waals surface area contributed by atoms with Gasteiger partial charge < -0.3 is 40.6 Å². The van der Waals surface area contributed by atoms with Gasteiger partial charge in [0.2, 0.25) is 17.7 Å². The number of fused-ring (bicyclic) bond motifs is 1. The molecule has 3 rings (SSSR count). The molecule has 41 heavy (non-hydrogen) atoms. The molecular formula is C25H33N7O9. The molecule has 3 aromatic rings. The fourth-order valence-corrected chi connectivity index (χ4v) is 3.75. The summed E-state index contributed by atoms with van der Waals surface area (Å²) >= 11 is 0. The number of aromatic hydroxyl groups is 1. The maximum absolute atomic E-state index is 12.9. The maximum atomic E-state index is 12.9. The summed E-state index contributed by atoms with van der Waals surface area (Å²) in [6, 6.07) is 5.63. The third-order valence-electron chi connectivity index (χ3n) is 5.63. The van der Waals surface area contributed by atoms with Crippen LogP contribution in [0.15, 0.2) is 29.1 Å². The summed E-state index contributed by atoms with van der Waals surface area (Å²) in [5.74, 6) is -2.36. The zero-order valence-corrected chi connectivity index (χ0v) is 23.0. The van der Waals surface area contributed by atoms with Crippen molar-refractivity contribution in [3.63, 3.8) is 0 Å². The fourth-order valence-electron chi connectivity index (χ4n) is 3.75. The molecule has 2 aromatic heterocycles. The van der Waals surface area contributed by atoms with Gasteiger partial charge in [-0.15, -0.1) is 0 Å². The number of anilines is 1. The number of aliphatic carboxylic acids is 1. The molecule has 0 spiro atoms. The molecule has 1 aromatic carbocycles. The van der Waals surface area contributed by atoms with Crippen LogP contribution in [0, 0.1) is 0 Å². The molecule has 16 heteroatoms. The summed E-state index contributed by atoms with van der Waals surface area (Å²) in [5, 5.41) is 27.1. The number of carboxylic acid groups (broad SMARTS) is 1. The molecule has 0 aliphatic rings. The first-order chi connectivity index (χ1) is 19.3. The van der Waals surface area contributed by atoms with Crippen molar-refractivity contribution in [3.05, 3.63) is 40.4 Å². The Morgan fingerprint density at radius 1 is 1.17 bits per heavy atom. The van der Waals surface area contributed by atoms with E-state index in [-0.39, 0.29) is 18.1 Å². The smallest absolute Gasteiger partial charge is 0.421 e. The largest absolute Gasteiger partial charge is 0.493 e. The van der Waals surface area contributed by atoms with Crippen molar-refractivity contribution < 1.29 is 38.9 Å². The molecule has 0 aliphatic heterocycles. The third-order valence-corrected chi connectivity index (χ3v) is 5.63. The van der Waals surface area contributed by atoms with Gasteiger partial charge in [-0.05, 0) is 45.7 Å². The first-order valence-corrected chi connectivity index (χ1v) is 12.6. The van der Waals surface area contributed by atoms with Gasteiger partial charge in [0.25, 0.3) is 0 Å². The molecule has 2 amide bonds. The number of para-hydroxylation sites is 2. The van der Waals surface area contributed by atoms with Gasteiger partial charge in [0.15, 0.2) is 0 Å². The lowest BCUT2D eigenvalue weighted by atomic mass is 10.2. The van der Waals surface area contributed by atoms with E-state index >= 15 is 0 Å². The summed E-state index contributed by atoms with van der Waals surface area (Å²) in [6.07, 6.45) is -0.981. The molecule has 0 fully saturated rings. The highest BCUT2D eigenvalue weighted by Gasteiger charge is 2.24. The van der Waals surface area contributed by atoms with Crippen molar-refractivity contribution in [2.75, 3.05) is 25.5 Å². The van der Waals surface area contributed by atoms with E-state index in [9.17, 15) is 29.1 Å². The van der Waals surface area contributed by atoms with E-state index in [0.717, 1.165) is 11.7 Å². The Bertz CT molecular complexity index is 1480. The Balaban J connectivity index is 1.60. The van der Waals surface area contributed by atoms with Crippen molar-refractivity contribution in [2.45, 2.75) is 51.8 Å². The van der Waals surface area contributed by atoms with Crippen LogP contribution in [0.4, 0.5) is 15.5 Å². The number of amides is 2. The number of hydrogen-bond acceptors (Lipinski definition) is 10. The number of carboxylic acids is 1. The molecular weight excluding hydrogens is 542 g/mol. The van der Waals surface area contributed by atoms with Crippen LogP contribution >= 0.6 is 0 Å². The van der Waals surface area contributed by atoms with Gasteiger partial charge in [-0.3, -0.25) is 9.36 Å². The van der Waals surface area contributed by atoms with Crippen LogP contribution in [0.5, 0.6) is 5.88 Å². The minimum Gasteiger partial charge on any atom is -0.493 e. The Kier molecular flexibility index (Phi) is 9.59. The predicted molar refractivity (Wildman–Crippen MR) is 145 cm³/mol. The van der Waals surface area contributed by atoms with Crippen molar-refractivity contribution in [2.24, 2.45) is 0 Å². The Hall–Kier alpha value is -5.02. The van der Waals surface area contributed by atoms with Crippen LogP contribution in [-0.4, -0.2) is 85.2 Å². The van der Waals surface area contributed by atoms with Gasteiger partial charge >= 0.3 is 23.8 Å². The van der Waals surface area contributed by atoms with E-state index in [4.69, 9.17) is 9.84 Å². The molecule has 0 bridgehead atoms. The number of imidazole rings is 2. The number of aromatic amines is 1. The number of ether oxygens (including phenoxy) is 2. The number of hydrogen-bond donors (Lipinski definition) is 6. The van der Waals surface area contributed by atoms with E-state index in [1.165, 1.54) is 4.57 Å². The minimum atomic E-state index is -1.46. The molecule has 222 valence electrons. The van der Waals surface area contributed by atoms with Gasteiger partial charge in [0.1, 0.15) is 18.2 Å². The zero-order valence-electron chi connectivity index (χ0n) is 23.0. The van der Waals surface area contributed by atoms with E-state index in [1.54, 1.807) is 45.0 Å². The van der Waals surface area contributed by atoms with Crippen LogP contribution in [0.25, 0.3) is 11.0 Å². The number of methoxy groups -OCH3 is 1. The van der Waals surface area contributed by atoms with Crippen LogP contribution in [0.1, 0.15) is 32.9 Å². The van der Waals surface area contributed by atoms with Gasteiger partial charge in [0.05, 0.1) is 23.8 Å². The molecule has 0 saturated carbocycles. The summed E-state index contributed by atoms with van der Waals surface area (Å²) < 4.78 is 12.0. The summed E-state index contributed by atoms with van der Waals surface area (Å²) in [5.41, 5.74) is -0.118. The average molecular weight is 576 g/mol. The maximum Gasteiger partial charge on any atom is 0.421 e. The van der Waals surface area contributed by atoms with Crippen LogP contribution in [0.2, 0.25) is 0 Å². The van der Waals surface area contributed by atoms with Crippen LogP contribution < -0.4 is 21.6 Å². The number of alkyl carbamates (subject to hydrolysis) is 1. The number of aromatic nitrogens is 4. The van der Waals surface area contributed by atoms with E-state index < -0.39 is 60.4 Å². The molecule has 0 unspecified atom stereocenters. The number of carbonyl (C=O) groups excluding carboxylic acids is 3. The summed E-state index contributed by atoms with van der Waals surface area (Å²) in [6.45, 7) is 4.52. The fraction of sp³-hybridized carbons (Fsp3) is 0.440. The number of carbonyl (C=O) groups is 4. The molecule has 2 heterocycles. The number of nitrogens with zero attached hydrogens (tertiary/aromatic N) is 3. The Labute approximate surface area is 233 Å². The SMILES string of the molecule is COC(=O)N[C@@H](CNC(=O)Cn1c(O)c(CCCNc2nc3ccccc3n2C(=O)OC(C)(C)C)[nH]c1=O)C(=O)O. The van der Waals surface area contributed by atoms with Gasteiger partial charge in [-0.25, -0.2) is 28.7 Å². The van der Waals surface area contributed by atoms with E-state index in [0.29, 0.717) is 24.0 Å². The number of H-pyrrole nitrogens is 1. The normalized spacial score (nSPS) is 12.0. The second-order valence-electron chi connectivity index (χ2n) is 9.92. The van der Waals surface area contributed by atoms with E-state index in [2.05, 4.69) is 25.3 Å². The molecule has 16 nitrogen and oxygen atoms in total. The predicted octanol–water partition coefficient (Wildman–Crippen LogP) is 0.985. The monoisotopic (exact) mass is 575 g/mol. The summed E-state index contributed by atoms with van der Waals surface area (Å²) in [4.78, 5) is 66.9. The highest BCUT2D eigenvalue weighted by atomic mass is 16.6. The molecule has 0 radical (unpaired) electrons. The molecule has 0 aliphatic carbocycles. The van der Waals surface area contributed by atoms with Crippen molar-refractivity contribution in [1.82, 2.24) is 29.7 Å². The first-order valence-electron chi connectivity index (χ1n) is 12.6. The average Bonchev–Trinajstić information content (AvgIpc) is 3.39. The lowest BCUT2D eigenvalue weighted by Gasteiger charge is -2.20. The number of benzene rings is 1. The second-order valence-corrected chi connectivity index (χ2v) is 9.92. The Morgan fingerprint density at radius 3 is 2.54 bits per heavy atom. The minimum absolute atomic E-state index is 0.181. The van der Waals surface area contributed by atoms with Crippen molar-refractivity contribution in [3.8, 4) is 5.88 Å². The number of rotatable bonds is 11. The number of aryl methyl sites for hydroxylation is 1. The Morgan fingerprint density at radius 2 is 1.88 bits per heavy atom. The van der Waals surface area contributed by atoms with Crippen molar-refractivity contribution >= 4 is 41.0 Å². The first kappa shape index (κ1) is 30.5. The second kappa shape index (κ2) is 12.9. The van der Waals surface area contributed by atoms with Crippen molar-refractivity contribution in [1.29, 1.82) is 0 Å². The third kappa shape index (κ3) is 8.00. The standard InChI is InChI=1S/C25H33N7O9/c1-25(2,3)41-24(39)32-17-10-6-5-8-14(17)28-21(32)26-11-7-9-15-19(34)31(22(37)29-15)13-18(33)27-12-16(20(35)36)30-23(38)40-4/h5-6,8,10,16,34H,7,9,11-13H2,1-4H3,(H,26,28)(H,27,33)(H,29,37)(H,30,38)(H,35,36)/t16-/m0/s1. The zero-order chi connectivity index (χ0) is 30.3.